The molecule has 0 aliphatic heterocycles. The minimum absolute atomic E-state index is 0.290. The SMILES string of the molecule is CN(C)c1ccc(CN(CC(=O)O)CC(=O)O)cc1. The summed E-state index contributed by atoms with van der Waals surface area (Å²) in [6, 6.07) is 7.56. The van der Waals surface area contributed by atoms with E-state index in [0.29, 0.717) is 6.54 Å². The van der Waals surface area contributed by atoms with E-state index in [4.69, 9.17) is 10.2 Å². The summed E-state index contributed by atoms with van der Waals surface area (Å²) in [5.74, 6) is -2.07. The van der Waals surface area contributed by atoms with Gasteiger partial charge in [0.15, 0.2) is 0 Å². The van der Waals surface area contributed by atoms with Crippen LogP contribution in [0.25, 0.3) is 0 Å². The molecule has 104 valence electrons. The average Bonchev–Trinajstić information content (AvgIpc) is 2.27. The number of carboxylic acids is 2. The topological polar surface area (TPSA) is 81.1 Å². The first kappa shape index (κ1) is 15.0. The van der Waals surface area contributed by atoms with Gasteiger partial charge >= 0.3 is 11.9 Å². The fourth-order valence-electron chi connectivity index (χ4n) is 1.71. The number of aliphatic carboxylic acids is 2. The van der Waals surface area contributed by atoms with Crippen LogP contribution in [0.3, 0.4) is 0 Å². The average molecular weight is 266 g/mol. The molecule has 0 radical (unpaired) electrons. The molecular weight excluding hydrogens is 248 g/mol. The third kappa shape index (κ3) is 5.39. The molecule has 6 heteroatoms. The summed E-state index contributed by atoms with van der Waals surface area (Å²) in [4.78, 5) is 24.7. The summed E-state index contributed by atoms with van der Waals surface area (Å²) in [5, 5.41) is 17.5. The Labute approximate surface area is 111 Å². The summed E-state index contributed by atoms with van der Waals surface area (Å²) in [6.45, 7) is -0.282. The second-order valence-electron chi connectivity index (χ2n) is 4.49. The second-order valence-corrected chi connectivity index (χ2v) is 4.49. The van der Waals surface area contributed by atoms with Crippen molar-refractivity contribution >= 4 is 17.6 Å². The lowest BCUT2D eigenvalue weighted by atomic mass is 10.2. The monoisotopic (exact) mass is 266 g/mol. The Balaban J connectivity index is 2.72. The van der Waals surface area contributed by atoms with Crippen molar-refractivity contribution in [2.24, 2.45) is 0 Å². The number of carboxylic acid groups (broad SMARTS) is 2. The standard InChI is InChI=1S/C13H18N2O4/c1-14(2)11-5-3-10(4-6-11)7-15(8-12(16)17)9-13(18)19/h3-6H,7-9H2,1-2H3,(H,16,17)(H,18,19). The third-order valence-electron chi connectivity index (χ3n) is 2.58. The van der Waals surface area contributed by atoms with Crippen molar-refractivity contribution in [3.05, 3.63) is 29.8 Å². The molecule has 0 amide bonds. The molecule has 6 nitrogen and oxygen atoms in total. The van der Waals surface area contributed by atoms with E-state index in [9.17, 15) is 9.59 Å². The van der Waals surface area contributed by atoms with Crippen LogP contribution in [0.4, 0.5) is 5.69 Å². The number of nitrogens with zero attached hydrogens (tertiary/aromatic N) is 2. The maximum Gasteiger partial charge on any atom is 0.317 e. The van der Waals surface area contributed by atoms with E-state index in [1.54, 1.807) is 0 Å². The van der Waals surface area contributed by atoms with Crippen LogP contribution in [0.5, 0.6) is 0 Å². The zero-order chi connectivity index (χ0) is 14.4. The van der Waals surface area contributed by atoms with Gasteiger partial charge in [-0.1, -0.05) is 12.1 Å². The van der Waals surface area contributed by atoms with E-state index in [0.717, 1.165) is 11.3 Å². The van der Waals surface area contributed by atoms with Gasteiger partial charge in [0, 0.05) is 26.3 Å². The van der Waals surface area contributed by atoms with Gasteiger partial charge in [-0.25, -0.2) is 0 Å². The normalized spacial score (nSPS) is 10.5. The Morgan fingerprint density at radius 2 is 1.47 bits per heavy atom. The van der Waals surface area contributed by atoms with E-state index in [1.165, 1.54) is 4.90 Å². The predicted molar refractivity (Wildman–Crippen MR) is 71.3 cm³/mol. The molecule has 0 bridgehead atoms. The van der Waals surface area contributed by atoms with Crippen LogP contribution in [0.2, 0.25) is 0 Å². The lowest BCUT2D eigenvalue weighted by molar-refractivity contribution is -0.142. The molecule has 0 saturated heterocycles. The van der Waals surface area contributed by atoms with Crippen molar-refractivity contribution in [2.45, 2.75) is 6.54 Å². The van der Waals surface area contributed by atoms with Crippen molar-refractivity contribution in [3.8, 4) is 0 Å². The maximum absolute atomic E-state index is 10.7. The van der Waals surface area contributed by atoms with E-state index in [1.807, 2.05) is 43.3 Å². The molecule has 0 spiro atoms. The highest BCUT2D eigenvalue weighted by Crippen LogP contribution is 2.13. The summed E-state index contributed by atoms with van der Waals surface area (Å²) in [5.41, 5.74) is 1.92. The molecule has 1 rings (SSSR count). The number of carbonyl (C=O) groups is 2. The highest BCUT2D eigenvalue weighted by atomic mass is 16.4. The fraction of sp³-hybridized carbons (Fsp3) is 0.385. The van der Waals surface area contributed by atoms with Crippen LogP contribution in [0, 0.1) is 0 Å². The predicted octanol–water partition coefficient (Wildman–Crippen LogP) is 0.724. The molecule has 19 heavy (non-hydrogen) atoms. The number of hydrogen-bond acceptors (Lipinski definition) is 4. The second kappa shape index (κ2) is 6.75. The Morgan fingerprint density at radius 1 is 1.00 bits per heavy atom. The highest BCUT2D eigenvalue weighted by Gasteiger charge is 2.13. The molecule has 0 aromatic heterocycles. The lowest BCUT2D eigenvalue weighted by Crippen LogP contribution is -2.33. The van der Waals surface area contributed by atoms with Crippen LogP contribution in [0.15, 0.2) is 24.3 Å². The minimum Gasteiger partial charge on any atom is -0.480 e. The van der Waals surface area contributed by atoms with Gasteiger partial charge in [0.25, 0.3) is 0 Å². The fourth-order valence-corrected chi connectivity index (χ4v) is 1.71. The number of anilines is 1. The largest absolute Gasteiger partial charge is 0.480 e. The van der Waals surface area contributed by atoms with Crippen LogP contribution in [-0.4, -0.2) is 54.2 Å². The third-order valence-corrected chi connectivity index (χ3v) is 2.58. The Hall–Kier alpha value is -2.08. The molecule has 0 heterocycles. The molecular formula is C13H18N2O4. The minimum atomic E-state index is -1.04. The first-order valence-electron chi connectivity index (χ1n) is 5.80. The van der Waals surface area contributed by atoms with Gasteiger partial charge in [-0.05, 0) is 17.7 Å². The molecule has 0 unspecified atom stereocenters. The van der Waals surface area contributed by atoms with Crippen LogP contribution in [0.1, 0.15) is 5.56 Å². The van der Waals surface area contributed by atoms with Gasteiger partial charge in [-0.15, -0.1) is 0 Å². The molecule has 0 atom stereocenters. The van der Waals surface area contributed by atoms with Crippen LogP contribution in [-0.2, 0) is 16.1 Å². The maximum atomic E-state index is 10.7. The van der Waals surface area contributed by atoms with E-state index in [2.05, 4.69) is 0 Å². The summed E-state index contributed by atoms with van der Waals surface area (Å²) < 4.78 is 0. The van der Waals surface area contributed by atoms with Gasteiger partial charge < -0.3 is 15.1 Å². The molecule has 0 fully saturated rings. The molecule has 0 saturated carbocycles. The summed E-state index contributed by atoms with van der Waals surface area (Å²) in [6.07, 6.45) is 0. The Morgan fingerprint density at radius 3 is 1.84 bits per heavy atom. The number of rotatable bonds is 7. The highest BCUT2D eigenvalue weighted by molar-refractivity contribution is 5.72. The Kier molecular flexibility index (Phi) is 5.32. The Bertz CT molecular complexity index is 426. The number of hydrogen-bond donors (Lipinski definition) is 2. The molecule has 0 aliphatic rings. The summed E-state index contributed by atoms with van der Waals surface area (Å²) >= 11 is 0. The van der Waals surface area contributed by atoms with Crippen LogP contribution < -0.4 is 4.90 Å². The summed E-state index contributed by atoms with van der Waals surface area (Å²) in [7, 11) is 3.85. The van der Waals surface area contributed by atoms with Gasteiger partial charge in [-0.2, -0.15) is 0 Å². The zero-order valence-electron chi connectivity index (χ0n) is 11.0. The first-order chi connectivity index (χ1) is 8.88. The number of benzene rings is 1. The van der Waals surface area contributed by atoms with Crippen molar-refractivity contribution < 1.29 is 19.8 Å². The smallest absolute Gasteiger partial charge is 0.317 e. The molecule has 2 N–H and O–H groups in total. The quantitative estimate of drug-likeness (QED) is 0.757. The molecule has 0 aliphatic carbocycles. The van der Waals surface area contributed by atoms with E-state index in [-0.39, 0.29) is 13.1 Å². The van der Waals surface area contributed by atoms with E-state index >= 15 is 0 Å². The van der Waals surface area contributed by atoms with E-state index < -0.39 is 11.9 Å². The van der Waals surface area contributed by atoms with Crippen LogP contribution >= 0.6 is 0 Å². The van der Waals surface area contributed by atoms with Gasteiger partial charge in [0.2, 0.25) is 0 Å². The lowest BCUT2D eigenvalue weighted by Gasteiger charge is -2.19. The zero-order valence-corrected chi connectivity index (χ0v) is 11.0. The first-order valence-corrected chi connectivity index (χ1v) is 5.80. The van der Waals surface area contributed by atoms with Crippen molar-refractivity contribution in [1.82, 2.24) is 4.90 Å². The molecule has 1 aromatic rings. The molecule has 1 aromatic carbocycles. The van der Waals surface area contributed by atoms with Crippen molar-refractivity contribution in [3.63, 3.8) is 0 Å². The van der Waals surface area contributed by atoms with Crippen molar-refractivity contribution in [1.29, 1.82) is 0 Å². The van der Waals surface area contributed by atoms with Gasteiger partial charge in [0.05, 0.1) is 13.1 Å². The van der Waals surface area contributed by atoms with Crippen molar-refractivity contribution in [2.75, 3.05) is 32.1 Å². The van der Waals surface area contributed by atoms with Gasteiger partial charge in [-0.3, -0.25) is 14.5 Å². The van der Waals surface area contributed by atoms with Gasteiger partial charge in [0.1, 0.15) is 0 Å².